The third-order valence-corrected chi connectivity index (χ3v) is 3.22. The molecule has 22 heavy (non-hydrogen) atoms. The van der Waals surface area contributed by atoms with Gasteiger partial charge in [0.15, 0.2) is 5.96 Å². The van der Waals surface area contributed by atoms with Crippen LogP contribution in [-0.2, 0) is 0 Å². The Balaban J connectivity index is 1.77. The van der Waals surface area contributed by atoms with Crippen LogP contribution in [-0.4, -0.2) is 37.6 Å². The summed E-state index contributed by atoms with van der Waals surface area (Å²) in [5.41, 5.74) is 1.01. The number of nitrogens with one attached hydrogen (secondary N) is 3. The molecule has 0 aliphatic rings. The number of para-hydroxylation sites is 1. The van der Waals surface area contributed by atoms with Gasteiger partial charge in [-0.15, -0.1) is 0 Å². The fraction of sp³-hybridized carbons (Fsp3) is 0.412. The molecule has 0 aliphatic carbocycles. The van der Waals surface area contributed by atoms with E-state index >= 15 is 0 Å². The lowest BCUT2D eigenvalue weighted by molar-refractivity contribution is 0.615. The van der Waals surface area contributed by atoms with E-state index in [4.69, 9.17) is 0 Å². The molecule has 0 radical (unpaired) electrons. The van der Waals surface area contributed by atoms with Gasteiger partial charge < -0.3 is 16.0 Å². The number of guanidine groups is 1. The molecule has 0 saturated heterocycles. The molecule has 0 saturated carbocycles. The lowest BCUT2D eigenvalue weighted by atomic mass is 10.2. The second kappa shape index (κ2) is 8.22. The van der Waals surface area contributed by atoms with E-state index in [2.05, 4.69) is 51.9 Å². The quantitative estimate of drug-likeness (QED) is 0.436. The topological polar surface area (TPSA) is 61.3 Å². The van der Waals surface area contributed by atoms with Crippen molar-refractivity contribution in [1.29, 1.82) is 0 Å². The molecule has 0 spiro atoms. The number of hydrogen-bond acceptors (Lipinski definition) is 3. The second-order valence-electron chi connectivity index (χ2n) is 5.59. The number of benzene rings is 1. The third kappa shape index (κ3) is 4.91. The minimum absolute atomic E-state index is 0.596. The smallest absolute Gasteiger partial charge is 0.191 e. The summed E-state index contributed by atoms with van der Waals surface area (Å²) in [7, 11) is 1.79. The summed E-state index contributed by atoms with van der Waals surface area (Å²) in [4.78, 5) is 8.78. The van der Waals surface area contributed by atoms with Gasteiger partial charge in [-0.3, -0.25) is 4.99 Å². The van der Waals surface area contributed by atoms with E-state index in [0.29, 0.717) is 5.92 Å². The standard InChI is InChI=1S/C17H25N5/c1-13(2)12-21-17(18-3)20-11-10-19-16-9-8-14-6-4-5-7-15(14)22-16/h4-9,13H,10-12H2,1-3H3,(H,19,22)(H2,18,20,21). The van der Waals surface area contributed by atoms with Crippen LogP contribution in [0.1, 0.15) is 13.8 Å². The minimum Gasteiger partial charge on any atom is -0.368 e. The first-order valence-electron chi connectivity index (χ1n) is 7.73. The number of nitrogens with zero attached hydrogens (tertiary/aromatic N) is 2. The predicted octanol–water partition coefficient (Wildman–Crippen LogP) is 2.47. The van der Waals surface area contributed by atoms with Gasteiger partial charge in [0.2, 0.25) is 0 Å². The molecule has 2 rings (SSSR count). The Morgan fingerprint density at radius 2 is 1.91 bits per heavy atom. The Morgan fingerprint density at radius 1 is 1.09 bits per heavy atom. The molecule has 118 valence electrons. The van der Waals surface area contributed by atoms with Crippen molar-refractivity contribution < 1.29 is 0 Å². The Bertz CT molecular complexity index is 621. The maximum Gasteiger partial charge on any atom is 0.191 e. The zero-order valence-electron chi connectivity index (χ0n) is 13.6. The average Bonchev–Trinajstić information content (AvgIpc) is 2.54. The van der Waals surface area contributed by atoms with Crippen LogP contribution in [0, 0.1) is 5.92 Å². The van der Waals surface area contributed by atoms with Crippen molar-refractivity contribution in [3.05, 3.63) is 36.4 Å². The maximum absolute atomic E-state index is 4.59. The van der Waals surface area contributed by atoms with Gasteiger partial charge in [-0.1, -0.05) is 32.0 Å². The van der Waals surface area contributed by atoms with Gasteiger partial charge in [-0.2, -0.15) is 0 Å². The molecule has 0 amide bonds. The van der Waals surface area contributed by atoms with Crippen molar-refractivity contribution in [2.24, 2.45) is 10.9 Å². The summed E-state index contributed by atoms with van der Waals surface area (Å²) in [5, 5.41) is 11.0. The molecule has 1 aromatic carbocycles. The molecule has 0 bridgehead atoms. The van der Waals surface area contributed by atoms with Crippen LogP contribution in [0.15, 0.2) is 41.4 Å². The number of hydrogen-bond donors (Lipinski definition) is 3. The van der Waals surface area contributed by atoms with Crippen LogP contribution >= 0.6 is 0 Å². The van der Waals surface area contributed by atoms with Crippen molar-refractivity contribution in [1.82, 2.24) is 15.6 Å². The van der Waals surface area contributed by atoms with Gasteiger partial charge in [0.25, 0.3) is 0 Å². The number of pyridine rings is 1. The van der Waals surface area contributed by atoms with E-state index in [0.717, 1.165) is 42.3 Å². The van der Waals surface area contributed by atoms with Gasteiger partial charge in [0.05, 0.1) is 5.52 Å². The van der Waals surface area contributed by atoms with Crippen LogP contribution in [0.3, 0.4) is 0 Å². The molecular weight excluding hydrogens is 274 g/mol. The Kier molecular flexibility index (Phi) is 6.01. The van der Waals surface area contributed by atoms with Gasteiger partial charge >= 0.3 is 0 Å². The second-order valence-corrected chi connectivity index (χ2v) is 5.59. The largest absolute Gasteiger partial charge is 0.368 e. The SMILES string of the molecule is CN=C(NCCNc1ccc2ccccc2n1)NCC(C)C. The zero-order chi connectivity index (χ0) is 15.8. The molecule has 0 unspecified atom stereocenters. The molecule has 1 aromatic heterocycles. The fourth-order valence-corrected chi connectivity index (χ4v) is 2.06. The highest BCUT2D eigenvalue weighted by Crippen LogP contribution is 2.13. The molecule has 3 N–H and O–H groups in total. The molecule has 5 nitrogen and oxygen atoms in total. The first kappa shape index (κ1) is 16.1. The van der Waals surface area contributed by atoms with E-state index in [9.17, 15) is 0 Å². The highest BCUT2D eigenvalue weighted by Gasteiger charge is 2.00. The summed E-state index contributed by atoms with van der Waals surface area (Å²) in [6.07, 6.45) is 0. The number of rotatable bonds is 6. The molecule has 1 heterocycles. The van der Waals surface area contributed by atoms with E-state index in [1.807, 2.05) is 24.3 Å². The van der Waals surface area contributed by atoms with E-state index in [1.165, 1.54) is 0 Å². The maximum atomic E-state index is 4.59. The van der Waals surface area contributed by atoms with Gasteiger partial charge in [-0.05, 0) is 24.1 Å². The number of aromatic nitrogens is 1. The Hall–Kier alpha value is -2.30. The molecular formula is C17H25N5. The third-order valence-electron chi connectivity index (χ3n) is 3.22. The highest BCUT2D eigenvalue weighted by atomic mass is 15.2. The number of fused-ring (bicyclic) bond motifs is 1. The fourth-order valence-electron chi connectivity index (χ4n) is 2.06. The van der Waals surface area contributed by atoms with E-state index in [-0.39, 0.29) is 0 Å². The van der Waals surface area contributed by atoms with Crippen molar-refractivity contribution in [3.8, 4) is 0 Å². The van der Waals surface area contributed by atoms with Crippen molar-refractivity contribution in [3.63, 3.8) is 0 Å². The van der Waals surface area contributed by atoms with Crippen LogP contribution in [0.5, 0.6) is 0 Å². The number of anilines is 1. The van der Waals surface area contributed by atoms with E-state index < -0.39 is 0 Å². The van der Waals surface area contributed by atoms with Crippen molar-refractivity contribution >= 4 is 22.7 Å². The lowest BCUT2D eigenvalue weighted by Crippen LogP contribution is -2.41. The van der Waals surface area contributed by atoms with E-state index in [1.54, 1.807) is 7.05 Å². The first-order chi connectivity index (χ1) is 10.7. The highest BCUT2D eigenvalue weighted by molar-refractivity contribution is 5.80. The zero-order valence-corrected chi connectivity index (χ0v) is 13.6. The van der Waals surface area contributed by atoms with Gasteiger partial charge in [-0.25, -0.2) is 4.98 Å². The first-order valence-corrected chi connectivity index (χ1v) is 7.73. The van der Waals surface area contributed by atoms with Crippen molar-refractivity contribution in [2.75, 3.05) is 32.0 Å². The Morgan fingerprint density at radius 3 is 2.68 bits per heavy atom. The molecule has 5 heteroatoms. The average molecular weight is 299 g/mol. The molecule has 0 aliphatic heterocycles. The Labute approximate surface area is 132 Å². The summed E-state index contributed by atoms with van der Waals surface area (Å²) < 4.78 is 0. The minimum atomic E-state index is 0.596. The van der Waals surface area contributed by atoms with Crippen molar-refractivity contribution in [2.45, 2.75) is 13.8 Å². The van der Waals surface area contributed by atoms with Crippen LogP contribution in [0.25, 0.3) is 10.9 Å². The van der Waals surface area contributed by atoms with Crippen LogP contribution in [0.2, 0.25) is 0 Å². The molecule has 0 atom stereocenters. The predicted molar refractivity (Wildman–Crippen MR) is 94.4 cm³/mol. The van der Waals surface area contributed by atoms with Gasteiger partial charge in [0, 0.05) is 32.1 Å². The number of aliphatic imine (C=N–C) groups is 1. The summed E-state index contributed by atoms with van der Waals surface area (Å²) in [5.74, 6) is 2.33. The summed E-state index contributed by atoms with van der Waals surface area (Å²) in [6.45, 7) is 6.83. The lowest BCUT2D eigenvalue weighted by Gasteiger charge is -2.14. The monoisotopic (exact) mass is 299 g/mol. The van der Waals surface area contributed by atoms with Crippen LogP contribution in [0.4, 0.5) is 5.82 Å². The molecule has 0 fully saturated rings. The van der Waals surface area contributed by atoms with Crippen LogP contribution < -0.4 is 16.0 Å². The normalized spacial score (nSPS) is 11.7. The summed E-state index contributed by atoms with van der Waals surface area (Å²) >= 11 is 0. The molecule has 2 aromatic rings. The summed E-state index contributed by atoms with van der Waals surface area (Å²) in [6, 6.07) is 12.2. The van der Waals surface area contributed by atoms with Gasteiger partial charge in [0.1, 0.15) is 5.82 Å².